The van der Waals surface area contributed by atoms with Gasteiger partial charge in [-0.1, -0.05) is 30.2 Å². The Labute approximate surface area is 229 Å². The molecular weight excluding hydrogens is 533 g/mol. The summed E-state index contributed by atoms with van der Waals surface area (Å²) in [6.07, 6.45) is 2.84. The number of ether oxygens (including phenoxy) is 1. The fourth-order valence-corrected chi connectivity index (χ4v) is 6.15. The molecule has 1 unspecified atom stereocenters. The number of ketones is 1. The van der Waals surface area contributed by atoms with E-state index in [1.165, 1.54) is 18.2 Å². The maximum absolute atomic E-state index is 13.2. The molecule has 39 heavy (non-hydrogen) atoms. The SMILES string of the molecule is COc1ccc(C(C)N[C@@H]2CCCC23CCN(c2cnc(C(=O)c4cn[nH]c4C(F)(F)F)c(Cl)n2)CC3)cc1. The average molecular weight is 563 g/mol. The van der Waals surface area contributed by atoms with E-state index in [1.807, 2.05) is 17.2 Å². The Hall–Kier alpha value is -3.18. The van der Waals surface area contributed by atoms with Gasteiger partial charge in [-0.25, -0.2) is 9.97 Å². The summed E-state index contributed by atoms with van der Waals surface area (Å²) < 4.78 is 44.9. The monoisotopic (exact) mass is 562 g/mol. The molecule has 1 aromatic carbocycles. The minimum Gasteiger partial charge on any atom is -0.497 e. The Morgan fingerprint density at radius 3 is 2.56 bits per heavy atom. The molecule has 208 valence electrons. The number of benzene rings is 1. The van der Waals surface area contributed by atoms with Gasteiger partial charge in [-0.3, -0.25) is 9.89 Å². The third kappa shape index (κ3) is 5.47. The van der Waals surface area contributed by atoms with Gasteiger partial charge in [-0.2, -0.15) is 18.3 Å². The first-order valence-corrected chi connectivity index (χ1v) is 13.3. The van der Waals surface area contributed by atoms with Gasteiger partial charge in [0.25, 0.3) is 0 Å². The number of alkyl halides is 3. The largest absolute Gasteiger partial charge is 0.497 e. The Kier molecular flexibility index (Phi) is 7.56. The van der Waals surface area contributed by atoms with E-state index in [0.717, 1.165) is 50.7 Å². The zero-order valence-corrected chi connectivity index (χ0v) is 22.4. The van der Waals surface area contributed by atoms with Gasteiger partial charge in [-0.15, -0.1) is 0 Å². The maximum atomic E-state index is 13.2. The van der Waals surface area contributed by atoms with Crippen LogP contribution in [0.25, 0.3) is 0 Å². The van der Waals surface area contributed by atoms with Crippen LogP contribution in [0.1, 0.15) is 72.4 Å². The van der Waals surface area contributed by atoms with Crippen LogP contribution in [-0.2, 0) is 6.18 Å². The summed E-state index contributed by atoms with van der Waals surface area (Å²) in [6, 6.07) is 8.74. The number of piperidine rings is 1. The van der Waals surface area contributed by atoms with Crippen LogP contribution in [0.4, 0.5) is 19.0 Å². The van der Waals surface area contributed by atoms with Crippen LogP contribution in [0.15, 0.2) is 36.7 Å². The number of methoxy groups -OCH3 is 1. The second-order valence-electron chi connectivity index (χ2n) is 10.3. The van der Waals surface area contributed by atoms with Crippen LogP contribution < -0.4 is 15.0 Å². The van der Waals surface area contributed by atoms with Crippen LogP contribution >= 0.6 is 11.6 Å². The molecule has 2 aliphatic rings. The molecule has 3 aromatic rings. The molecule has 0 radical (unpaired) electrons. The van der Waals surface area contributed by atoms with Gasteiger partial charge in [0, 0.05) is 25.2 Å². The molecule has 1 aliphatic carbocycles. The van der Waals surface area contributed by atoms with Crippen LogP contribution in [0.2, 0.25) is 5.15 Å². The first kappa shape index (κ1) is 27.4. The summed E-state index contributed by atoms with van der Waals surface area (Å²) in [6.45, 7) is 3.67. The molecule has 0 bridgehead atoms. The van der Waals surface area contributed by atoms with Crippen molar-refractivity contribution >= 4 is 23.2 Å². The van der Waals surface area contributed by atoms with Crippen LogP contribution in [0.3, 0.4) is 0 Å². The molecule has 2 N–H and O–H groups in total. The number of nitrogens with one attached hydrogen (secondary N) is 2. The minimum atomic E-state index is -4.76. The Morgan fingerprint density at radius 1 is 1.21 bits per heavy atom. The molecule has 8 nitrogen and oxygen atoms in total. The van der Waals surface area contributed by atoms with Crippen LogP contribution in [-0.4, -0.2) is 52.2 Å². The topological polar surface area (TPSA) is 96.0 Å². The van der Waals surface area contributed by atoms with Crippen molar-refractivity contribution in [2.75, 3.05) is 25.1 Å². The number of aromatic amines is 1. The number of hydrogen-bond donors (Lipinski definition) is 2. The number of carbonyl (C=O) groups is 1. The number of hydrogen-bond acceptors (Lipinski definition) is 7. The van der Waals surface area contributed by atoms with Crippen molar-refractivity contribution in [1.82, 2.24) is 25.5 Å². The highest BCUT2D eigenvalue weighted by Crippen LogP contribution is 2.47. The summed E-state index contributed by atoms with van der Waals surface area (Å²) >= 11 is 6.25. The maximum Gasteiger partial charge on any atom is 0.433 e. The fourth-order valence-electron chi connectivity index (χ4n) is 5.93. The smallest absolute Gasteiger partial charge is 0.433 e. The van der Waals surface area contributed by atoms with Gasteiger partial charge < -0.3 is 15.0 Å². The fraction of sp³-hybridized carbons (Fsp3) is 0.481. The lowest BCUT2D eigenvalue weighted by molar-refractivity contribution is -0.141. The predicted octanol–water partition coefficient (Wildman–Crippen LogP) is 5.60. The van der Waals surface area contributed by atoms with E-state index >= 15 is 0 Å². The average Bonchev–Trinajstić information content (AvgIpc) is 3.57. The predicted molar refractivity (Wildman–Crippen MR) is 140 cm³/mol. The van der Waals surface area contributed by atoms with Crippen molar-refractivity contribution < 1.29 is 22.7 Å². The Bertz CT molecular complexity index is 1320. The van der Waals surface area contributed by atoms with Gasteiger partial charge in [0.05, 0.1) is 25.1 Å². The molecule has 1 aliphatic heterocycles. The molecule has 0 amide bonds. The first-order valence-electron chi connectivity index (χ1n) is 12.9. The van der Waals surface area contributed by atoms with Gasteiger partial charge in [0.15, 0.2) is 10.8 Å². The lowest BCUT2D eigenvalue weighted by Crippen LogP contribution is -2.49. The van der Waals surface area contributed by atoms with E-state index in [9.17, 15) is 18.0 Å². The number of nitrogens with zero attached hydrogens (tertiary/aromatic N) is 4. The molecule has 3 heterocycles. The van der Waals surface area contributed by atoms with Crippen molar-refractivity contribution in [2.24, 2.45) is 5.41 Å². The summed E-state index contributed by atoms with van der Waals surface area (Å²) in [5.74, 6) is 0.358. The number of carbonyl (C=O) groups excluding carboxylic acids is 1. The van der Waals surface area contributed by atoms with E-state index in [2.05, 4.69) is 44.3 Å². The molecule has 5 rings (SSSR count). The minimum absolute atomic E-state index is 0.180. The summed E-state index contributed by atoms with van der Waals surface area (Å²) in [7, 11) is 1.66. The zero-order chi connectivity index (χ0) is 27.8. The van der Waals surface area contributed by atoms with Crippen molar-refractivity contribution in [3.63, 3.8) is 0 Å². The van der Waals surface area contributed by atoms with E-state index in [4.69, 9.17) is 16.3 Å². The molecular formula is C27H30ClF3N6O2. The van der Waals surface area contributed by atoms with Crippen molar-refractivity contribution in [3.8, 4) is 5.75 Å². The summed E-state index contributed by atoms with van der Waals surface area (Å²) in [4.78, 5) is 23.2. The summed E-state index contributed by atoms with van der Waals surface area (Å²) in [5.41, 5.74) is -0.826. The number of anilines is 1. The number of halogens is 4. The number of H-pyrrole nitrogens is 1. The highest BCUT2D eigenvalue weighted by Gasteiger charge is 2.45. The highest BCUT2D eigenvalue weighted by atomic mass is 35.5. The van der Waals surface area contributed by atoms with E-state index in [-0.39, 0.29) is 22.3 Å². The second-order valence-corrected chi connectivity index (χ2v) is 10.7. The van der Waals surface area contributed by atoms with E-state index < -0.39 is 23.2 Å². The Morgan fingerprint density at radius 2 is 1.92 bits per heavy atom. The first-order chi connectivity index (χ1) is 18.6. The van der Waals surface area contributed by atoms with Gasteiger partial charge >= 0.3 is 6.18 Å². The van der Waals surface area contributed by atoms with Crippen molar-refractivity contribution in [1.29, 1.82) is 0 Å². The van der Waals surface area contributed by atoms with Gasteiger partial charge in [-0.05, 0) is 55.7 Å². The van der Waals surface area contributed by atoms with E-state index in [1.54, 1.807) is 7.11 Å². The summed E-state index contributed by atoms with van der Waals surface area (Å²) in [5, 5.41) is 8.83. The van der Waals surface area contributed by atoms with E-state index in [0.29, 0.717) is 11.9 Å². The van der Waals surface area contributed by atoms with Gasteiger partial charge in [0.2, 0.25) is 5.78 Å². The quantitative estimate of drug-likeness (QED) is 0.362. The van der Waals surface area contributed by atoms with Crippen LogP contribution in [0, 0.1) is 5.41 Å². The number of aromatic nitrogens is 4. The third-order valence-corrected chi connectivity index (χ3v) is 8.42. The number of rotatable bonds is 7. The Balaban J connectivity index is 1.24. The normalized spacial score (nSPS) is 19.8. The van der Waals surface area contributed by atoms with Gasteiger partial charge in [0.1, 0.15) is 17.3 Å². The highest BCUT2D eigenvalue weighted by molar-refractivity contribution is 6.33. The molecule has 1 saturated carbocycles. The van der Waals surface area contributed by atoms with Crippen molar-refractivity contribution in [2.45, 2.75) is 57.3 Å². The molecule has 12 heteroatoms. The zero-order valence-electron chi connectivity index (χ0n) is 21.7. The lowest BCUT2D eigenvalue weighted by atomic mass is 9.73. The third-order valence-electron chi connectivity index (χ3n) is 8.16. The van der Waals surface area contributed by atoms with Crippen LogP contribution in [0.5, 0.6) is 5.75 Å². The second kappa shape index (κ2) is 10.8. The van der Waals surface area contributed by atoms with Crippen molar-refractivity contribution in [3.05, 3.63) is 64.3 Å². The molecule has 2 atom stereocenters. The molecule has 2 fully saturated rings. The molecule has 1 spiro atoms. The lowest BCUT2D eigenvalue weighted by Gasteiger charge is -2.44. The molecule has 1 saturated heterocycles. The standard InChI is InChI=1S/C27H30ClF3N6O2/c1-16(17-5-7-18(39-2)8-6-17)34-20-4-3-9-26(20)10-12-37(13-11-26)21-15-32-22(25(28)35-21)23(38)19-14-33-36-24(19)27(29,30)31/h5-8,14-16,20,34H,3-4,9-13H2,1-2H3,(H,33,36)/t16?,20-/m1/s1. The molecule has 2 aromatic heterocycles.